The molecule has 0 saturated heterocycles. The second-order valence-corrected chi connectivity index (χ2v) is 8.04. The Morgan fingerprint density at radius 1 is 0.485 bits per heavy atom. The Hall–Kier alpha value is -4.12. The van der Waals surface area contributed by atoms with E-state index >= 15 is 0 Å². The zero-order valence-electron chi connectivity index (χ0n) is 18.1. The SMILES string of the molecule is Oc1cccc(CCc2cccc(Oc3cc(CCc4ccc(O)c(O)c4)ccc3O)c2)c1. The van der Waals surface area contributed by atoms with Crippen molar-refractivity contribution in [1.82, 2.24) is 0 Å². The molecule has 0 heterocycles. The molecule has 4 aromatic rings. The molecule has 0 aliphatic rings. The van der Waals surface area contributed by atoms with Crippen LogP contribution in [-0.2, 0) is 25.7 Å². The molecule has 168 valence electrons. The minimum Gasteiger partial charge on any atom is -0.508 e. The van der Waals surface area contributed by atoms with E-state index < -0.39 is 0 Å². The number of aryl methyl sites for hydroxylation is 4. The van der Waals surface area contributed by atoms with E-state index in [2.05, 4.69) is 0 Å². The normalized spacial score (nSPS) is 10.8. The first-order valence-electron chi connectivity index (χ1n) is 10.8. The lowest BCUT2D eigenvalue weighted by Gasteiger charge is -2.11. The van der Waals surface area contributed by atoms with Crippen molar-refractivity contribution in [3.05, 3.63) is 107 Å². The highest BCUT2D eigenvalue weighted by molar-refractivity contribution is 5.46. The van der Waals surface area contributed by atoms with Crippen LogP contribution in [0, 0.1) is 0 Å². The van der Waals surface area contributed by atoms with Gasteiger partial charge in [0, 0.05) is 0 Å². The van der Waals surface area contributed by atoms with Crippen LogP contribution in [0.15, 0.2) is 84.9 Å². The third-order valence-electron chi connectivity index (χ3n) is 5.51. The first-order chi connectivity index (χ1) is 16.0. The number of rotatable bonds is 8. The molecule has 5 nitrogen and oxygen atoms in total. The maximum atomic E-state index is 10.3. The number of aromatic hydroxyl groups is 4. The molecule has 0 spiro atoms. The van der Waals surface area contributed by atoms with Gasteiger partial charge < -0.3 is 25.2 Å². The molecule has 0 saturated carbocycles. The maximum absolute atomic E-state index is 10.3. The third kappa shape index (κ3) is 5.98. The van der Waals surface area contributed by atoms with E-state index in [0.29, 0.717) is 24.3 Å². The van der Waals surface area contributed by atoms with Crippen LogP contribution in [0.2, 0.25) is 0 Å². The summed E-state index contributed by atoms with van der Waals surface area (Å²) >= 11 is 0. The first kappa shape index (κ1) is 22.1. The van der Waals surface area contributed by atoms with Crippen molar-refractivity contribution in [2.75, 3.05) is 0 Å². The van der Waals surface area contributed by atoms with Crippen molar-refractivity contribution in [1.29, 1.82) is 0 Å². The van der Waals surface area contributed by atoms with E-state index in [1.807, 2.05) is 48.5 Å². The number of phenolic OH excluding ortho intramolecular Hbond substituents is 4. The Morgan fingerprint density at radius 2 is 1.06 bits per heavy atom. The molecule has 5 heteroatoms. The van der Waals surface area contributed by atoms with Crippen molar-refractivity contribution < 1.29 is 25.2 Å². The Morgan fingerprint density at radius 3 is 1.73 bits per heavy atom. The lowest BCUT2D eigenvalue weighted by Crippen LogP contribution is -1.94. The Kier molecular flexibility index (Phi) is 6.69. The van der Waals surface area contributed by atoms with E-state index in [1.54, 1.807) is 30.3 Å². The van der Waals surface area contributed by atoms with Crippen molar-refractivity contribution >= 4 is 0 Å². The van der Waals surface area contributed by atoms with Crippen LogP contribution in [0.25, 0.3) is 0 Å². The monoisotopic (exact) mass is 442 g/mol. The zero-order valence-corrected chi connectivity index (χ0v) is 18.1. The van der Waals surface area contributed by atoms with Gasteiger partial charge in [0.2, 0.25) is 0 Å². The summed E-state index contributed by atoms with van der Waals surface area (Å²) in [6.07, 6.45) is 2.95. The molecule has 0 atom stereocenters. The highest BCUT2D eigenvalue weighted by Gasteiger charge is 2.08. The summed E-state index contributed by atoms with van der Waals surface area (Å²) in [6, 6.07) is 25.1. The smallest absolute Gasteiger partial charge is 0.169 e. The minimum atomic E-state index is -0.136. The van der Waals surface area contributed by atoms with E-state index in [1.165, 1.54) is 6.07 Å². The molecule has 4 N–H and O–H groups in total. The largest absolute Gasteiger partial charge is 0.508 e. The number of benzene rings is 4. The summed E-state index contributed by atoms with van der Waals surface area (Å²) in [5.41, 5.74) is 4.04. The zero-order chi connectivity index (χ0) is 23.2. The molecule has 0 unspecified atom stereocenters. The quantitative estimate of drug-likeness (QED) is 0.256. The summed E-state index contributed by atoms with van der Waals surface area (Å²) in [7, 11) is 0. The molecule has 4 rings (SSSR count). The first-order valence-corrected chi connectivity index (χ1v) is 10.8. The topological polar surface area (TPSA) is 90.2 Å². The third-order valence-corrected chi connectivity index (χ3v) is 5.51. The Bertz CT molecular complexity index is 1250. The minimum absolute atomic E-state index is 0.0613. The predicted octanol–water partition coefficient (Wildman–Crippen LogP) is 5.87. The highest BCUT2D eigenvalue weighted by Crippen LogP contribution is 2.33. The van der Waals surface area contributed by atoms with E-state index in [4.69, 9.17) is 4.74 Å². The summed E-state index contributed by atoms with van der Waals surface area (Å²) < 4.78 is 5.99. The van der Waals surface area contributed by atoms with Crippen molar-refractivity contribution in [3.63, 3.8) is 0 Å². The second kappa shape index (κ2) is 10.0. The molecular formula is C28H26O5. The number of phenols is 4. The summed E-state index contributed by atoms with van der Waals surface area (Å²) in [5, 5.41) is 39.0. The fraction of sp³-hybridized carbons (Fsp3) is 0.143. The van der Waals surface area contributed by atoms with Crippen LogP contribution in [0.1, 0.15) is 22.3 Å². The van der Waals surface area contributed by atoms with Crippen molar-refractivity contribution in [2.24, 2.45) is 0 Å². The molecule has 33 heavy (non-hydrogen) atoms. The summed E-state index contributed by atoms with van der Waals surface area (Å²) in [4.78, 5) is 0. The van der Waals surface area contributed by atoms with Crippen LogP contribution in [0.4, 0.5) is 0 Å². The van der Waals surface area contributed by atoms with Gasteiger partial charge in [0.25, 0.3) is 0 Å². The van der Waals surface area contributed by atoms with Gasteiger partial charge in [-0.2, -0.15) is 0 Å². The second-order valence-electron chi connectivity index (χ2n) is 8.04. The molecule has 0 aromatic heterocycles. The van der Waals surface area contributed by atoms with E-state index in [9.17, 15) is 20.4 Å². The number of hydrogen-bond acceptors (Lipinski definition) is 5. The predicted molar refractivity (Wildman–Crippen MR) is 127 cm³/mol. The molecule has 0 radical (unpaired) electrons. The van der Waals surface area contributed by atoms with Gasteiger partial charge in [-0.15, -0.1) is 0 Å². The van der Waals surface area contributed by atoms with Crippen molar-refractivity contribution in [2.45, 2.75) is 25.7 Å². The molecular weight excluding hydrogens is 416 g/mol. The molecule has 0 aliphatic heterocycles. The van der Waals surface area contributed by atoms with Gasteiger partial charge in [-0.25, -0.2) is 0 Å². The average Bonchev–Trinajstić information content (AvgIpc) is 2.81. The van der Waals surface area contributed by atoms with Crippen LogP contribution < -0.4 is 4.74 Å². The number of ether oxygens (including phenoxy) is 1. The van der Waals surface area contributed by atoms with Crippen LogP contribution in [0.3, 0.4) is 0 Å². The molecule has 0 amide bonds. The standard InChI is InChI=1S/C28H26O5/c29-23-5-1-3-19(15-23)7-8-20-4-2-6-24(16-20)33-28-18-22(12-14-26(28)31)10-9-21-11-13-25(30)27(32)17-21/h1-6,11-18,29-32H,7-10H2. The van der Waals surface area contributed by atoms with Crippen LogP contribution >= 0.6 is 0 Å². The molecule has 0 aliphatic carbocycles. The number of hydrogen-bond donors (Lipinski definition) is 4. The van der Waals surface area contributed by atoms with Gasteiger partial charge in [-0.1, -0.05) is 36.4 Å². The Balaban J connectivity index is 1.41. The maximum Gasteiger partial charge on any atom is 0.169 e. The lowest BCUT2D eigenvalue weighted by molar-refractivity contribution is 0.403. The highest BCUT2D eigenvalue weighted by atomic mass is 16.5. The van der Waals surface area contributed by atoms with E-state index in [0.717, 1.165) is 35.1 Å². The average molecular weight is 443 g/mol. The van der Waals surface area contributed by atoms with Crippen LogP contribution in [-0.4, -0.2) is 20.4 Å². The molecule has 4 aromatic carbocycles. The Labute approximate surface area is 192 Å². The van der Waals surface area contributed by atoms with Gasteiger partial charge in [-0.05, 0) is 96.5 Å². The fourth-order valence-electron chi connectivity index (χ4n) is 3.70. The van der Waals surface area contributed by atoms with Crippen molar-refractivity contribution in [3.8, 4) is 34.5 Å². The summed E-state index contributed by atoms with van der Waals surface area (Å²) in [6.45, 7) is 0. The lowest BCUT2D eigenvalue weighted by atomic mass is 10.0. The van der Waals surface area contributed by atoms with Gasteiger partial charge in [0.05, 0.1) is 0 Å². The van der Waals surface area contributed by atoms with Gasteiger partial charge in [0.15, 0.2) is 23.0 Å². The summed E-state index contributed by atoms with van der Waals surface area (Å²) in [5.74, 6) is 1.08. The molecule has 0 fully saturated rings. The van der Waals surface area contributed by atoms with Crippen LogP contribution in [0.5, 0.6) is 34.5 Å². The van der Waals surface area contributed by atoms with Gasteiger partial charge in [0.1, 0.15) is 11.5 Å². The van der Waals surface area contributed by atoms with Gasteiger partial charge in [-0.3, -0.25) is 0 Å². The van der Waals surface area contributed by atoms with E-state index in [-0.39, 0.29) is 23.0 Å². The fourth-order valence-corrected chi connectivity index (χ4v) is 3.70. The van der Waals surface area contributed by atoms with Gasteiger partial charge >= 0.3 is 0 Å². The molecule has 0 bridgehead atoms.